The number of anilines is 1. The van der Waals surface area contributed by atoms with E-state index < -0.39 is 23.2 Å². The molecule has 1 unspecified atom stereocenters. The molecular weight excluding hydrogens is 336 g/mol. The molecule has 24 heavy (non-hydrogen) atoms. The Morgan fingerprint density at radius 2 is 2.08 bits per heavy atom. The number of carbonyl (C=O) groups is 2. The van der Waals surface area contributed by atoms with Crippen LogP contribution in [0.15, 0.2) is 18.2 Å². The molecule has 2 N–H and O–H groups in total. The average Bonchev–Trinajstić information content (AvgIpc) is 2.57. The van der Waals surface area contributed by atoms with Gasteiger partial charge in [-0.2, -0.15) is 11.8 Å². The van der Waals surface area contributed by atoms with Crippen molar-refractivity contribution in [3.8, 4) is 0 Å². The van der Waals surface area contributed by atoms with Gasteiger partial charge < -0.3 is 15.5 Å². The van der Waals surface area contributed by atoms with E-state index in [2.05, 4.69) is 10.6 Å². The largest absolute Gasteiger partial charge is 0.334 e. The van der Waals surface area contributed by atoms with Crippen molar-refractivity contribution in [1.29, 1.82) is 0 Å². The minimum Gasteiger partial charge on any atom is -0.334 e. The third-order valence-corrected chi connectivity index (χ3v) is 4.85. The van der Waals surface area contributed by atoms with Gasteiger partial charge in [0, 0.05) is 37.1 Å². The third kappa shape index (κ3) is 5.17. The molecule has 1 aliphatic heterocycles. The van der Waals surface area contributed by atoms with E-state index in [1.807, 2.05) is 0 Å². The summed E-state index contributed by atoms with van der Waals surface area (Å²) in [6, 6.07) is 3.44. The molecule has 2 rings (SSSR count). The van der Waals surface area contributed by atoms with E-state index in [1.165, 1.54) is 11.0 Å². The van der Waals surface area contributed by atoms with Crippen molar-refractivity contribution in [1.82, 2.24) is 10.2 Å². The first kappa shape index (κ1) is 18.7. The maximum atomic E-state index is 13.6. The summed E-state index contributed by atoms with van der Waals surface area (Å²) < 4.78 is 27.1. The highest BCUT2D eigenvalue weighted by Crippen LogP contribution is 2.18. The minimum absolute atomic E-state index is 0.0948. The second-order valence-corrected chi connectivity index (χ2v) is 6.63. The molecule has 8 heteroatoms. The van der Waals surface area contributed by atoms with Crippen LogP contribution in [-0.2, 0) is 9.59 Å². The second-order valence-electron chi connectivity index (χ2n) is 5.48. The molecule has 0 aromatic heterocycles. The molecule has 1 aromatic carbocycles. The molecule has 2 amide bonds. The Hall–Kier alpha value is -1.67. The Balaban J connectivity index is 1.91. The summed E-state index contributed by atoms with van der Waals surface area (Å²) in [6.45, 7) is 2.74. The number of para-hydroxylation sites is 1. The summed E-state index contributed by atoms with van der Waals surface area (Å²) in [5.41, 5.74) is -0.489. The molecule has 0 bridgehead atoms. The van der Waals surface area contributed by atoms with Crippen molar-refractivity contribution in [2.24, 2.45) is 0 Å². The van der Waals surface area contributed by atoms with E-state index in [0.29, 0.717) is 13.0 Å². The molecule has 1 heterocycles. The van der Waals surface area contributed by atoms with Crippen molar-refractivity contribution < 1.29 is 18.4 Å². The lowest BCUT2D eigenvalue weighted by molar-refractivity contribution is -0.134. The monoisotopic (exact) mass is 357 g/mol. The van der Waals surface area contributed by atoms with E-state index in [4.69, 9.17) is 0 Å². The number of hydrogen-bond donors (Lipinski definition) is 2. The topological polar surface area (TPSA) is 61.4 Å². The van der Waals surface area contributed by atoms with Gasteiger partial charge in [-0.1, -0.05) is 6.07 Å². The van der Waals surface area contributed by atoms with Crippen molar-refractivity contribution >= 4 is 29.3 Å². The number of carbonyl (C=O) groups excluding carboxylic acids is 2. The van der Waals surface area contributed by atoms with Gasteiger partial charge >= 0.3 is 0 Å². The number of hydrogen-bond acceptors (Lipinski definition) is 4. The molecule has 1 saturated heterocycles. The molecule has 5 nitrogen and oxygen atoms in total. The quantitative estimate of drug-likeness (QED) is 0.816. The maximum Gasteiger partial charge on any atom is 0.244 e. The Labute approximate surface area is 144 Å². The Kier molecular flexibility index (Phi) is 6.99. The van der Waals surface area contributed by atoms with E-state index in [9.17, 15) is 18.4 Å². The predicted molar refractivity (Wildman–Crippen MR) is 91.0 cm³/mol. The van der Waals surface area contributed by atoms with Crippen molar-refractivity contribution in [2.45, 2.75) is 19.4 Å². The first-order valence-corrected chi connectivity index (χ1v) is 8.99. The van der Waals surface area contributed by atoms with Crippen LogP contribution in [0.1, 0.15) is 13.3 Å². The van der Waals surface area contributed by atoms with E-state index >= 15 is 0 Å². The van der Waals surface area contributed by atoms with Gasteiger partial charge in [0.15, 0.2) is 0 Å². The van der Waals surface area contributed by atoms with Crippen LogP contribution in [0.3, 0.4) is 0 Å². The molecule has 132 valence electrons. The standard InChI is InChI=1S/C16H21F2N3O2S/c1-2-21(15(23)8-11-10-24-7-6-19-11)9-14(22)20-16-12(17)4-3-5-13(16)18/h3-5,11,19H,2,6-10H2,1H3,(H,20,22). The Bertz CT molecular complexity index is 574. The molecule has 1 aliphatic rings. The summed E-state index contributed by atoms with van der Waals surface area (Å²) in [5, 5.41) is 5.47. The van der Waals surface area contributed by atoms with Gasteiger partial charge in [-0.15, -0.1) is 0 Å². The summed E-state index contributed by atoms with van der Waals surface area (Å²) in [7, 11) is 0. The highest BCUT2D eigenvalue weighted by atomic mass is 32.2. The van der Waals surface area contributed by atoms with Crippen LogP contribution in [0, 0.1) is 11.6 Å². The van der Waals surface area contributed by atoms with Crippen molar-refractivity contribution in [3.63, 3.8) is 0 Å². The average molecular weight is 357 g/mol. The van der Waals surface area contributed by atoms with Crippen LogP contribution in [-0.4, -0.2) is 53.9 Å². The summed E-state index contributed by atoms with van der Waals surface area (Å²) in [5.74, 6) is -0.585. The number of rotatable bonds is 6. The fourth-order valence-corrected chi connectivity index (χ4v) is 3.39. The van der Waals surface area contributed by atoms with Crippen LogP contribution < -0.4 is 10.6 Å². The normalized spacial score (nSPS) is 17.4. The highest BCUT2D eigenvalue weighted by molar-refractivity contribution is 7.99. The predicted octanol–water partition coefficient (Wildman–Crippen LogP) is 1.85. The SMILES string of the molecule is CCN(CC(=O)Nc1c(F)cccc1F)C(=O)CC1CSCCN1. The van der Waals surface area contributed by atoms with Crippen LogP contribution in [0.25, 0.3) is 0 Å². The first-order valence-electron chi connectivity index (χ1n) is 7.84. The maximum absolute atomic E-state index is 13.6. The smallest absolute Gasteiger partial charge is 0.244 e. The molecule has 1 atom stereocenters. The number of likely N-dealkylation sites (N-methyl/N-ethyl adjacent to an activating group) is 1. The van der Waals surface area contributed by atoms with Crippen molar-refractivity contribution in [3.05, 3.63) is 29.8 Å². The summed E-state index contributed by atoms with van der Waals surface area (Å²) in [6.07, 6.45) is 0.308. The Morgan fingerprint density at radius 3 is 2.67 bits per heavy atom. The number of thioether (sulfide) groups is 1. The van der Waals surface area contributed by atoms with Crippen LogP contribution >= 0.6 is 11.8 Å². The first-order chi connectivity index (χ1) is 11.5. The van der Waals surface area contributed by atoms with Gasteiger partial charge in [0.05, 0.1) is 6.54 Å². The van der Waals surface area contributed by atoms with Gasteiger partial charge in [0.25, 0.3) is 0 Å². The van der Waals surface area contributed by atoms with Crippen molar-refractivity contribution in [2.75, 3.05) is 36.5 Å². The lowest BCUT2D eigenvalue weighted by Crippen LogP contribution is -2.44. The van der Waals surface area contributed by atoms with E-state index in [0.717, 1.165) is 30.2 Å². The van der Waals surface area contributed by atoms with Gasteiger partial charge in [-0.25, -0.2) is 8.78 Å². The fraction of sp³-hybridized carbons (Fsp3) is 0.500. The zero-order valence-corrected chi connectivity index (χ0v) is 14.3. The molecular formula is C16H21F2N3O2S. The zero-order chi connectivity index (χ0) is 17.5. The number of nitrogens with one attached hydrogen (secondary N) is 2. The zero-order valence-electron chi connectivity index (χ0n) is 13.5. The molecule has 1 aromatic rings. The third-order valence-electron chi connectivity index (χ3n) is 3.72. The second kappa shape index (κ2) is 8.98. The number of amides is 2. The van der Waals surface area contributed by atoms with Crippen LogP contribution in [0.5, 0.6) is 0 Å². The molecule has 0 radical (unpaired) electrons. The van der Waals surface area contributed by atoms with Gasteiger partial charge in [0.1, 0.15) is 17.3 Å². The molecule has 0 aliphatic carbocycles. The summed E-state index contributed by atoms with van der Waals surface area (Å²) >= 11 is 1.79. The van der Waals surface area contributed by atoms with E-state index in [1.54, 1.807) is 18.7 Å². The number of halogens is 2. The summed E-state index contributed by atoms with van der Waals surface area (Å²) in [4.78, 5) is 25.7. The molecule has 0 saturated carbocycles. The number of nitrogens with zero attached hydrogens (tertiary/aromatic N) is 1. The lowest BCUT2D eigenvalue weighted by atomic mass is 10.2. The van der Waals surface area contributed by atoms with Crippen LogP contribution in [0.2, 0.25) is 0 Å². The van der Waals surface area contributed by atoms with Gasteiger partial charge in [0.2, 0.25) is 11.8 Å². The van der Waals surface area contributed by atoms with E-state index in [-0.39, 0.29) is 18.5 Å². The lowest BCUT2D eigenvalue weighted by Gasteiger charge is -2.26. The number of benzene rings is 1. The van der Waals surface area contributed by atoms with Gasteiger partial charge in [-0.3, -0.25) is 9.59 Å². The highest BCUT2D eigenvalue weighted by Gasteiger charge is 2.22. The Morgan fingerprint density at radius 1 is 1.38 bits per heavy atom. The fourth-order valence-electron chi connectivity index (χ4n) is 2.44. The molecule has 0 spiro atoms. The minimum atomic E-state index is -0.846. The molecule has 1 fully saturated rings. The van der Waals surface area contributed by atoms with Gasteiger partial charge in [-0.05, 0) is 19.1 Å². The van der Waals surface area contributed by atoms with Crippen LogP contribution in [0.4, 0.5) is 14.5 Å².